The van der Waals surface area contributed by atoms with Gasteiger partial charge in [0.1, 0.15) is 24.4 Å². The van der Waals surface area contributed by atoms with Crippen LogP contribution >= 0.6 is 0 Å². The van der Waals surface area contributed by atoms with Crippen LogP contribution in [0.5, 0.6) is 0 Å². The van der Waals surface area contributed by atoms with Gasteiger partial charge in [-0.15, -0.1) is 0 Å². The number of nitrogens with one attached hydrogen (secondary N) is 1. The molecule has 0 radical (unpaired) electrons. The number of hydrogen-bond acceptors (Lipinski definition) is 8. The molecule has 7 unspecified atom stereocenters. The van der Waals surface area contributed by atoms with Gasteiger partial charge in [-0.1, -0.05) is 237 Å². The summed E-state index contributed by atoms with van der Waals surface area (Å²) in [5.74, 6) is -0.188. The maximum absolute atomic E-state index is 13.0. The van der Waals surface area contributed by atoms with E-state index in [1.165, 1.54) is 193 Å². The Morgan fingerprint density at radius 1 is 0.500 bits per heavy atom. The van der Waals surface area contributed by atoms with E-state index in [0.717, 1.165) is 51.4 Å². The minimum atomic E-state index is -1.57. The Labute approximate surface area is 406 Å². The topological polar surface area (TPSA) is 149 Å². The van der Waals surface area contributed by atoms with Crippen LogP contribution in [0.4, 0.5) is 0 Å². The van der Waals surface area contributed by atoms with Crippen molar-refractivity contribution in [3.05, 3.63) is 36.5 Å². The van der Waals surface area contributed by atoms with Gasteiger partial charge in [-0.25, -0.2) is 0 Å². The monoisotopic (exact) mass is 934 g/mol. The van der Waals surface area contributed by atoms with E-state index >= 15 is 0 Å². The lowest BCUT2D eigenvalue weighted by atomic mass is 9.99. The van der Waals surface area contributed by atoms with Crippen molar-refractivity contribution in [2.45, 2.75) is 307 Å². The van der Waals surface area contributed by atoms with Crippen LogP contribution in [-0.4, -0.2) is 87.5 Å². The van der Waals surface area contributed by atoms with Gasteiger partial charge in [-0.05, 0) is 57.8 Å². The molecule has 1 aliphatic heterocycles. The van der Waals surface area contributed by atoms with E-state index in [9.17, 15) is 30.3 Å². The molecule has 1 aliphatic rings. The lowest BCUT2D eigenvalue weighted by molar-refractivity contribution is -0.302. The van der Waals surface area contributed by atoms with E-state index in [0.29, 0.717) is 6.42 Å². The first kappa shape index (κ1) is 62.4. The van der Waals surface area contributed by atoms with E-state index in [2.05, 4.69) is 43.5 Å². The second kappa shape index (κ2) is 47.1. The molecule has 7 atom stereocenters. The molecule has 1 rings (SSSR count). The van der Waals surface area contributed by atoms with Gasteiger partial charge >= 0.3 is 0 Å². The standard InChI is InChI=1S/C57H107NO8/c1-3-5-7-9-11-13-15-17-19-21-23-25-26-27-29-31-33-35-37-39-41-43-45-47-53(61)58-50(49-65-57-56(64)55(63)54(62)52(48-59)66-57)51(60)46-44-42-40-38-36-34-32-30-28-24-22-20-18-16-14-12-10-8-6-4-2/h27,29,36,38,44,46,50-52,54-57,59-60,62-64H,3-26,28,30-35,37,39-43,45,47-49H2,1-2H3,(H,58,61)/b29-27-,38-36+,46-44+. The van der Waals surface area contributed by atoms with Gasteiger partial charge in [0.05, 0.1) is 25.4 Å². The largest absolute Gasteiger partial charge is 0.394 e. The summed E-state index contributed by atoms with van der Waals surface area (Å²) in [5, 5.41) is 54.4. The Bertz CT molecular complexity index is 1130. The zero-order valence-corrected chi connectivity index (χ0v) is 43.0. The zero-order chi connectivity index (χ0) is 48.0. The first-order valence-corrected chi connectivity index (χ1v) is 28.2. The van der Waals surface area contributed by atoms with E-state index in [-0.39, 0.29) is 12.5 Å². The summed E-state index contributed by atoms with van der Waals surface area (Å²) in [7, 11) is 0. The molecule has 0 spiro atoms. The van der Waals surface area contributed by atoms with Crippen LogP contribution < -0.4 is 5.32 Å². The fraction of sp³-hybridized carbons (Fsp3) is 0.877. The summed E-state index contributed by atoms with van der Waals surface area (Å²) in [5.41, 5.74) is 0. The van der Waals surface area contributed by atoms with Crippen LogP contribution in [0.15, 0.2) is 36.5 Å². The predicted octanol–water partition coefficient (Wildman–Crippen LogP) is 13.6. The van der Waals surface area contributed by atoms with Crippen molar-refractivity contribution in [3.63, 3.8) is 0 Å². The summed E-state index contributed by atoms with van der Waals surface area (Å²) in [6, 6.07) is -0.824. The van der Waals surface area contributed by atoms with Crippen LogP contribution in [0.2, 0.25) is 0 Å². The molecule has 9 nitrogen and oxygen atoms in total. The first-order valence-electron chi connectivity index (χ1n) is 28.2. The second-order valence-corrected chi connectivity index (χ2v) is 19.7. The Kier molecular flexibility index (Phi) is 44.6. The maximum atomic E-state index is 13.0. The Morgan fingerprint density at radius 2 is 0.864 bits per heavy atom. The molecule has 1 amide bonds. The zero-order valence-electron chi connectivity index (χ0n) is 43.0. The van der Waals surface area contributed by atoms with E-state index < -0.39 is 49.5 Å². The normalized spacial score (nSPS) is 20.0. The highest BCUT2D eigenvalue weighted by Crippen LogP contribution is 2.23. The van der Waals surface area contributed by atoms with E-state index in [1.54, 1.807) is 6.08 Å². The van der Waals surface area contributed by atoms with Gasteiger partial charge in [0.15, 0.2) is 6.29 Å². The van der Waals surface area contributed by atoms with Gasteiger partial charge in [0.25, 0.3) is 0 Å². The van der Waals surface area contributed by atoms with Crippen LogP contribution in [0.3, 0.4) is 0 Å². The molecule has 0 bridgehead atoms. The average Bonchev–Trinajstić information content (AvgIpc) is 3.32. The summed E-state index contributed by atoms with van der Waals surface area (Å²) in [6.45, 7) is 3.79. The van der Waals surface area contributed by atoms with E-state index in [4.69, 9.17) is 9.47 Å². The number of ether oxygens (including phenoxy) is 2. The highest BCUT2D eigenvalue weighted by molar-refractivity contribution is 5.76. The summed E-state index contributed by atoms with van der Waals surface area (Å²) >= 11 is 0. The number of carbonyl (C=O) groups excluding carboxylic acids is 1. The molecule has 1 saturated heterocycles. The second-order valence-electron chi connectivity index (χ2n) is 19.7. The molecule has 1 fully saturated rings. The molecular weight excluding hydrogens is 827 g/mol. The Morgan fingerprint density at radius 3 is 1.27 bits per heavy atom. The number of rotatable bonds is 48. The molecule has 9 heteroatoms. The van der Waals surface area contributed by atoms with Crippen molar-refractivity contribution in [2.75, 3.05) is 13.2 Å². The highest BCUT2D eigenvalue weighted by Gasteiger charge is 2.44. The molecule has 0 saturated carbocycles. The van der Waals surface area contributed by atoms with Crippen molar-refractivity contribution < 1.29 is 39.8 Å². The summed E-state index contributed by atoms with van der Waals surface area (Å²) < 4.78 is 11.2. The van der Waals surface area contributed by atoms with Crippen molar-refractivity contribution in [1.82, 2.24) is 5.32 Å². The molecule has 0 aromatic heterocycles. The summed E-state index contributed by atoms with van der Waals surface area (Å²) in [4.78, 5) is 13.0. The lowest BCUT2D eigenvalue weighted by Crippen LogP contribution is -2.60. The van der Waals surface area contributed by atoms with Crippen LogP contribution in [0.1, 0.15) is 264 Å². The molecule has 66 heavy (non-hydrogen) atoms. The van der Waals surface area contributed by atoms with Crippen LogP contribution in [0, 0.1) is 0 Å². The maximum Gasteiger partial charge on any atom is 0.220 e. The number of aliphatic hydroxyl groups excluding tert-OH is 5. The number of hydrogen-bond donors (Lipinski definition) is 6. The van der Waals surface area contributed by atoms with Gasteiger partial charge in [0, 0.05) is 6.42 Å². The minimum absolute atomic E-state index is 0.188. The Balaban J connectivity index is 2.27. The fourth-order valence-electron chi connectivity index (χ4n) is 8.93. The number of unbranched alkanes of at least 4 members (excludes halogenated alkanes) is 34. The lowest BCUT2D eigenvalue weighted by Gasteiger charge is -2.40. The molecule has 1 heterocycles. The van der Waals surface area contributed by atoms with Crippen molar-refractivity contribution in [3.8, 4) is 0 Å². The molecule has 6 N–H and O–H groups in total. The van der Waals surface area contributed by atoms with Gasteiger partial charge in [-0.3, -0.25) is 4.79 Å². The Hall–Kier alpha value is -1.59. The minimum Gasteiger partial charge on any atom is -0.394 e. The number of amides is 1. The van der Waals surface area contributed by atoms with Gasteiger partial charge < -0.3 is 40.3 Å². The summed E-state index contributed by atoms with van der Waals surface area (Å²) in [6.07, 6.45) is 53.5. The highest BCUT2D eigenvalue weighted by atomic mass is 16.7. The molecule has 0 aromatic rings. The molecule has 0 aromatic carbocycles. The third-order valence-electron chi connectivity index (χ3n) is 13.4. The van der Waals surface area contributed by atoms with Gasteiger partial charge in [0.2, 0.25) is 5.91 Å². The van der Waals surface area contributed by atoms with Crippen molar-refractivity contribution in [2.24, 2.45) is 0 Å². The number of allylic oxidation sites excluding steroid dienone is 5. The SMILES string of the molecule is CCCCCCCCCCCCCC/C=C\CCCCCCCCCC(=O)NC(COC1OC(CO)C(O)C(O)C1O)C(O)/C=C/CC/C=C/CCCCCCCCCCCCCCCC. The number of aliphatic hydroxyl groups is 5. The average molecular weight is 934 g/mol. The predicted molar refractivity (Wildman–Crippen MR) is 276 cm³/mol. The van der Waals surface area contributed by atoms with Gasteiger partial charge in [-0.2, -0.15) is 0 Å². The molecule has 0 aliphatic carbocycles. The molecule has 388 valence electrons. The quantitative estimate of drug-likeness (QED) is 0.0261. The fourth-order valence-corrected chi connectivity index (χ4v) is 8.93. The van der Waals surface area contributed by atoms with Crippen LogP contribution in [0.25, 0.3) is 0 Å². The molecular formula is C57H107NO8. The van der Waals surface area contributed by atoms with Crippen molar-refractivity contribution in [1.29, 1.82) is 0 Å². The number of carbonyl (C=O) groups is 1. The first-order chi connectivity index (χ1) is 32.3. The third-order valence-corrected chi connectivity index (χ3v) is 13.4. The third kappa shape index (κ3) is 36.4. The smallest absolute Gasteiger partial charge is 0.220 e. The van der Waals surface area contributed by atoms with Crippen molar-refractivity contribution >= 4 is 5.91 Å². The van der Waals surface area contributed by atoms with Crippen LogP contribution in [-0.2, 0) is 14.3 Å². The van der Waals surface area contributed by atoms with E-state index in [1.807, 2.05) is 6.08 Å².